The van der Waals surface area contributed by atoms with E-state index in [9.17, 15) is 14.7 Å². The number of hydrogen-bond donors (Lipinski definition) is 2. The summed E-state index contributed by atoms with van der Waals surface area (Å²) >= 11 is 0. The number of nitrogens with one attached hydrogen (secondary N) is 1. The Hall–Kier alpha value is -2.82. The lowest BCUT2D eigenvalue weighted by Crippen LogP contribution is -2.35. The summed E-state index contributed by atoms with van der Waals surface area (Å²) in [4.78, 5) is 24.0. The van der Waals surface area contributed by atoms with E-state index in [-0.39, 0.29) is 11.3 Å². The molecule has 0 aromatic heterocycles. The van der Waals surface area contributed by atoms with Gasteiger partial charge in [-0.2, -0.15) is 0 Å². The van der Waals surface area contributed by atoms with Crippen molar-refractivity contribution in [3.05, 3.63) is 65.2 Å². The SMILES string of the molecule is Cc1cccc(C(=O)OC(C)C(=O)NCc2ccccc2)c1O. The molecule has 0 fully saturated rings. The number of aryl methyl sites for hydroxylation is 1. The molecule has 23 heavy (non-hydrogen) atoms. The molecule has 2 aromatic rings. The smallest absolute Gasteiger partial charge is 0.342 e. The van der Waals surface area contributed by atoms with Gasteiger partial charge in [0, 0.05) is 6.54 Å². The molecule has 2 rings (SSSR count). The van der Waals surface area contributed by atoms with Crippen molar-refractivity contribution in [1.29, 1.82) is 0 Å². The first-order chi connectivity index (χ1) is 11.0. The average Bonchev–Trinajstić information content (AvgIpc) is 2.55. The maximum absolute atomic E-state index is 12.0. The highest BCUT2D eigenvalue weighted by atomic mass is 16.5. The Morgan fingerprint density at radius 2 is 1.83 bits per heavy atom. The van der Waals surface area contributed by atoms with Crippen molar-refractivity contribution in [2.24, 2.45) is 0 Å². The van der Waals surface area contributed by atoms with E-state index in [2.05, 4.69) is 5.32 Å². The topological polar surface area (TPSA) is 75.6 Å². The molecule has 1 atom stereocenters. The first-order valence-corrected chi connectivity index (χ1v) is 7.30. The number of amides is 1. The van der Waals surface area contributed by atoms with Gasteiger partial charge < -0.3 is 15.2 Å². The van der Waals surface area contributed by atoms with Gasteiger partial charge in [-0.1, -0.05) is 42.5 Å². The van der Waals surface area contributed by atoms with E-state index in [0.29, 0.717) is 12.1 Å². The van der Waals surface area contributed by atoms with Crippen molar-refractivity contribution in [3.8, 4) is 5.75 Å². The third-order valence-corrected chi connectivity index (χ3v) is 3.42. The van der Waals surface area contributed by atoms with Crippen LogP contribution >= 0.6 is 0 Å². The summed E-state index contributed by atoms with van der Waals surface area (Å²) in [5.41, 5.74) is 1.57. The van der Waals surface area contributed by atoms with E-state index < -0.39 is 18.0 Å². The van der Waals surface area contributed by atoms with Gasteiger partial charge in [-0.05, 0) is 31.0 Å². The predicted molar refractivity (Wildman–Crippen MR) is 86.0 cm³/mol. The van der Waals surface area contributed by atoms with Crippen LogP contribution in [0.3, 0.4) is 0 Å². The summed E-state index contributed by atoms with van der Waals surface area (Å²) in [5, 5.41) is 12.6. The fraction of sp³-hybridized carbons (Fsp3) is 0.222. The molecule has 0 saturated heterocycles. The second-order valence-electron chi connectivity index (χ2n) is 5.22. The zero-order valence-corrected chi connectivity index (χ0v) is 13.1. The lowest BCUT2D eigenvalue weighted by atomic mass is 10.1. The lowest BCUT2D eigenvalue weighted by Gasteiger charge is -2.14. The second-order valence-corrected chi connectivity index (χ2v) is 5.22. The number of hydrogen-bond acceptors (Lipinski definition) is 4. The molecule has 1 unspecified atom stereocenters. The fourth-order valence-corrected chi connectivity index (χ4v) is 2.03. The van der Waals surface area contributed by atoms with Gasteiger partial charge in [0.1, 0.15) is 11.3 Å². The van der Waals surface area contributed by atoms with Gasteiger partial charge >= 0.3 is 5.97 Å². The molecule has 120 valence electrons. The Labute approximate surface area is 134 Å². The molecule has 0 aliphatic carbocycles. The van der Waals surface area contributed by atoms with E-state index >= 15 is 0 Å². The van der Waals surface area contributed by atoms with Gasteiger partial charge in [-0.3, -0.25) is 4.79 Å². The summed E-state index contributed by atoms with van der Waals surface area (Å²) < 4.78 is 5.11. The zero-order chi connectivity index (χ0) is 16.8. The number of esters is 1. The number of para-hydroxylation sites is 1. The summed E-state index contributed by atoms with van der Waals surface area (Å²) in [7, 11) is 0. The summed E-state index contributed by atoms with van der Waals surface area (Å²) in [6.07, 6.45) is -0.953. The minimum Gasteiger partial charge on any atom is -0.507 e. The highest BCUT2D eigenvalue weighted by Crippen LogP contribution is 2.22. The maximum Gasteiger partial charge on any atom is 0.342 e. The third-order valence-electron chi connectivity index (χ3n) is 3.42. The van der Waals surface area contributed by atoms with E-state index in [1.807, 2.05) is 30.3 Å². The van der Waals surface area contributed by atoms with Gasteiger partial charge in [0.05, 0.1) is 0 Å². The molecule has 0 radical (unpaired) electrons. The van der Waals surface area contributed by atoms with Crippen molar-refractivity contribution in [3.63, 3.8) is 0 Å². The standard InChI is InChI=1S/C18H19NO4/c1-12-7-6-10-15(16(12)20)18(22)23-13(2)17(21)19-11-14-8-4-3-5-9-14/h3-10,13,20H,11H2,1-2H3,(H,19,21). The number of phenolic OH excluding ortho intramolecular Hbond substituents is 1. The second kappa shape index (κ2) is 7.45. The van der Waals surface area contributed by atoms with Crippen LogP contribution in [0.2, 0.25) is 0 Å². The lowest BCUT2D eigenvalue weighted by molar-refractivity contribution is -0.129. The third kappa shape index (κ3) is 4.32. The van der Waals surface area contributed by atoms with Crippen LogP contribution in [0.25, 0.3) is 0 Å². The number of phenols is 1. The number of carbonyl (C=O) groups is 2. The number of benzene rings is 2. The van der Waals surface area contributed by atoms with Crippen LogP contribution in [-0.2, 0) is 16.1 Å². The van der Waals surface area contributed by atoms with Crippen molar-refractivity contribution < 1.29 is 19.4 Å². The molecule has 5 nitrogen and oxygen atoms in total. The highest BCUT2D eigenvalue weighted by molar-refractivity contribution is 5.94. The monoisotopic (exact) mass is 313 g/mol. The van der Waals surface area contributed by atoms with E-state index in [1.165, 1.54) is 13.0 Å². The van der Waals surface area contributed by atoms with Gasteiger partial charge in [-0.25, -0.2) is 4.79 Å². The predicted octanol–water partition coefficient (Wildman–Crippen LogP) is 2.56. The molecular weight excluding hydrogens is 294 g/mol. The molecule has 2 N–H and O–H groups in total. The van der Waals surface area contributed by atoms with E-state index in [4.69, 9.17) is 4.74 Å². The summed E-state index contributed by atoms with van der Waals surface area (Å²) in [6.45, 7) is 3.53. The quantitative estimate of drug-likeness (QED) is 0.832. The molecule has 0 aliphatic rings. The van der Waals surface area contributed by atoms with Gasteiger partial charge in [0.15, 0.2) is 6.10 Å². The average molecular weight is 313 g/mol. The van der Waals surface area contributed by atoms with Gasteiger partial charge in [0.2, 0.25) is 0 Å². The van der Waals surface area contributed by atoms with Crippen LogP contribution in [0, 0.1) is 6.92 Å². The number of rotatable bonds is 5. The van der Waals surface area contributed by atoms with Crippen LogP contribution in [-0.4, -0.2) is 23.1 Å². The molecule has 0 spiro atoms. The van der Waals surface area contributed by atoms with Crippen LogP contribution < -0.4 is 5.32 Å². The largest absolute Gasteiger partial charge is 0.507 e. The molecule has 5 heteroatoms. The van der Waals surface area contributed by atoms with Crippen molar-refractivity contribution in [1.82, 2.24) is 5.32 Å². The van der Waals surface area contributed by atoms with E-state index in [0.717, 1.165) is 5.56 Å². The molecule has 0 aliphatic heterocycles. The van der Waals surface area contributed by atoms with Crippen molar-refractivity contribution in [2.45, 2.75) is 26.5 Å². The van der Waals surface area contributed by atoms with Crippen LogP contribution in [0.5, 0.6) is 5.75 Å². The maximum atomic E-state index is 12.0. The minimum atomic E-state index is -0.953. The Morgan fingerprint density at radius 1 is 1.13 bits per heavy atom. The first-order valence-electron chi connectivity index (χ1n) is 7.30. The van der Waals surface area contributed by atoms with Crippen LogP contribution in [0.1, 0.15) is 28.4 Å². The Kier molecular flexibility index (Phi) is 5.36. The van der Waals surface area contributed by atoms with E-state index in [1.54, 1.807) is 19.1 Å². The van der Waals surface area contributed by atoms with Gasteiger partial charge in [0.25, 0.3) is 5.91 Å². The molecule has 0 bridgehead atoms. The van der Waals surface area contributed by atoms with Crippen molar-refractivity contribution >= 4 is 11.9 Å². The van der Waals surface area contributed by atoms with Crippen molar-refractivity contribution in [2.75, 3.05) is 0 Å². The molecule has 0 saturated carbocycles. The molecule has 0 heterocycles. The Bertz CT molecular complexity index is 697. The number of aromatic hydroxyl groups is 1. The normalized spacial score (nSPS) is 11.6. The molecular formula is C18H19NO4. The summed E-state index contributed by atoms with van der Waals surface area (Å²) in [6, 6.07) is 14.2. The number of ether oxygens (including phenoxy) is 1. The zero-order valence-electron chi connectivity index (χ0n) is 13.1. The van der Waals surface area contributed by atoms with Crippen LogP contribution in [0.15, 0.2) is 48.5 Å². The fourth-order valence-electron chi connectivity index (χ4n) is 2.03. The Morgan fingerprint density at radius 3 is 2.52 bits per heavy atom. The summed E-state index contributed by atoms with van der Waals surface area (Å²) in [5.74, 6) is -1.25. The molecule has 1 amide bonds. The first kappa shape index (κ1) is 16.5. The minimum absolute atomic E-state index is 0.0488. The Balaban J connectivity index is 1.92. The van der Waals surface area contributed by atoms with Crippen LogP contribution in [0.4, 0.5) is 0 Å². The number of carbonyl (C=O) groups excluding carboxylic acids is 2. The van der Waals surface area contributed by atoms with Gasteiger partial charge in [-0.15, -0.1) is 0 Å². The highest BCUT2D eigenvalue weighted by Gasteiger charge is 2.21. The molecule has 2 aromatic carbocycles.